The number of hydrogen-bond acceptors (Lipinski definition) is 3. The summed E-state index contributed by atoms with van der Waals surface area (Å²) in [7, 11) is 0. The van der Waals surface area contributed by atoms with Gasteiger partial charge in [-0.25, -0.2) is 4.39 Å². The highest BCUT2D eigenvalue weighted by Crippen LogP contribution is 2.24. The predicted molar refractivity (Wildman–Crippen MR) is 77.7 cm³/mol. The van der Waals surface area contributed by atoms with Gasteiger partial charge >= 0.3 is 0 Å². The fourth-order valence-electron chi connectivity index (χ4n) is 1.62. The van der Waals surface area contributed by atoms with E-state index >= 15 is 0 Å². The van der Waals surface area contributed by atoms with Crippen molar-refractivity contribution >= 4 is 28.7 Å². The van der Waals surface area contributed by atoms with Gasteiger partial charge in [-0.15, -0.1) is 0 Å². The Morgan fingerprint density at radius 2 is 2.00 bits per heavy atom. The highest BCUT2D eigenvalue weighted by molar-refractivity contribution is 6.30. The second-order valence-electron chi connectivity index (χ2n) is 4.14. The SMILES string of the molecule is CCCNc1cncc(Nc2cc(Cl)ccc2F)c1. The summed E-state index contributed by atoms with van der Waals surface area (Å²) in [4.78, 5) is 4.11. The van der Waals surface area contributed by atoms with Crippen molar-refractivity contribution in [3.05, 3.63) is 47.5 Å². The maximum atomic E-state index is 13.6. The number of nitrogens with one attached hydrogen (secondary N) is 2. The number of aromatic nitrogens is 1. The van der Waals surface area contributed by atoms with Crippen molar-refractivity contribution in [1.29, 1.82) is 0 Å². The van der Waals surface area contributed by atoms with E-state index in [9.17, 15) is 4.39 Å². The van der Waals surface area contributed by atoms with Gasteiger partial charge in [0.2, 0.25) is 0 Å². The van der Waals surface area contributed by atoms with Crippen LogP contribution in [0.1, 0.15) is 13.3 Å². The molecule has 1 aromatic carbocycles. The number of benzene rings is 1. The Labute approximate surface area is 116 Å². The molecule has 2 N–H and O–H groups in total. The minimum absolute atomic E-state index is 0.335. The van der Waals surface area contributed by atoms with Gasteiger partial charge in [0.05, 0.1) is 29.5 Å². The van der Waals surface area contributed by atoms with Crippen LogP contribution >= 0.6 is 11.6 Å². The number of hydrogen-bond donors (Lipinski definition) is 2. The third-order valence-corrected chi connectivity index (χ3v) is 2.76. The summed E-state index contributed by atoms with van der Waals surface area (Å²) in [5.41, 5.74) is 1.94. The molecule has 0 atom stereocenters. The molecule has 5 heteroatoms. The molecule has 1 aromatic heterocycles. The van der Waals surface area contributed by atoms with Gasteiger partial charge in [-0.1, -0.05) is 18.5 Å². The summed E-state index contributed by atoms with van der Waals surface area (Å²) in [5, 5.41) is 6.68. The average molecular weight is 280 g/mol. The highest BCUT2D eigenvalue weighted by Gasteiger charge is 2.04. The molecule has 0 saturated heterocycles. The molecule has 0 fully saturated rings. The zero-order chi connectivity index (χ0) is 13.7. The van der Waals surface area contributed by atoms with E-state index in [1.54, 1.807) is 18.5 Å². The van der Waals surface area contributed by atoms with Gasteiger partial charge in [-0.05, 0) is 30.7 Å². The summed E-state index contributed by atoms with van der Waals surface area (Å²) < 4.78 is 13.6. The highest BCUT2D eigenvalue weighted by atomic mass is 35.5. The molecule has 2 rings (SSSR count). The van der Waals surface area contributed by atoms with Gasteiger partial charge in [-0.3, -0.25) is 4.98 Å². The Morgan fingerprint density at radius 1 is 1.21 bits per heavy atom. The molecule has 0 spiro atoms. The van der Waals surface area contributed by atoms with E-state index in [2.05, 4.69) is 22.5 Å². The number of nitrogens with zero attached hydrogens (tertiary/aromatic N) is 1. The van der Waals surface area contributed by atoms with Crippen LogP contribution in [0.2, 0.25) is 5.02 Å². The van der Waals surface area contributed by atoms with Crippen LogP contribution in [0.15, 0.2) is 36.7 Å². The zero-order valence-electron chi connectivity index (χ0n) is 10.6. The Kier molecular flexibility index (Phi) is 4.58. The second-order valence-corrected chi connectivity index (χ2v) is 4.57. The lowest BCUT2D eigenvalue weighted by atomic mass is 10.3. The fraction of sp³-hybridized carbons (Fsp3) is 0.214. The van der Waals surface area contributed by atoms with Crippen molar-refractivity contribution in [2.24, 2.45) is 0 Å². The molecule has 0 aliphatic rings. The number of halogens is 2. The number of rotatable bonds is 5. The first-order chi connectivity index (χ1) is 9.19. The lowest BCUT2D eigenvalue weighted by Crippen LogP contribution is -2.01. The first kappa shape index (κ1) is 13.6. The van der Waals surface area contributed by atoms with Crippen LogP contribution in [0, 0.1) is 5.82 Å². The van der Waals surface area contributed by atoms with Gasteiger partial charge in [0.15, 0.2) is 0 Å². The van der Waals surface area contributed by atoms with Crippen LogP contribution in [0.3, 0.4) is 0 Å². The molecule has 19 heavy (non-hydrogen) atoms. The molecule has 0 aliphatic heterocycles. The topological polar surface area (TPSA) is 37.0 Å². The molecule has 0 radical (unpaired) electrons. The lowest BCUT2D eigenvalue weighted by molar-refractivity contribution is 0.632. The fourth-order valence-corrected chi connectivity index (χ4v) is 1.80. The van der Waals surface area contributed by atoms with Crippen LogP contribution in [0.5, 0.6) is 0 Å². The van der Waals surface area contributed by atoms with Crippen LogP contribution in [0.4, 0.5) is 21.5 Å². The van der Waals surface area contributed by atoms with E-state index in [-0.39, 0.29) is 5.82 Å². The van der Waals surface area contributed by atoms with E-state index in [1.165, 1.54) is 12.1 Å². The smallest absolute Gasteiger partial charge is 0.146 e. The third kappa shape index (κ3) is 3.83. The maximum Gasteiger partial charge on any atom is 0.146 e. The lowest BCUT2D eigenvalue weighted by Gasteiger charge is -2.10. The minimum atomic E-state index is -0.351. The van der Waals surface area contributed by atoms with E-state index < -0.39 is 0 Å². The van der Waals surface area contributed by atoms with E-state index in [1.807, 2.05) is 6.07 Å². The summed E-state index contributed by atoms with van der Waals surface area (Å²) in [6.07, 6.45) is 4.40. The molecule has 0 saturated carbocycles. The summed E-state index contributed by atoms with van der Waals surface area (Å²) in [5.74, 6) is -0.351. The molecular weight excluding hydrogens is 265 g/mol. The first-order valence-electron chi connectivity index (χ1n) is 6.10. The number of anilines is 3. The Hall–Kier alpha value is -1.81. The molecule has 0 bridgehead atoms. The van der Waals surface area contributed by atoms with Crippen molar-refractivity contribution in [3.63, 3.8) is 0 Å². The standard InChI is InChI=1S/C14H15ClFN3/c1-2-5-18-11-7-12(9-17-8-11)19-14-6-10(15)3-4-13(14)16/h3-4,6-9,18-19H,2,5H2,1H3. The molecule has 2 aromatic rings. The Balaban J connectivity index is 2.16. The quantitative estimate of drug-likeness (QED) is 0.849. The molecule has 0 amide bonds. The predicted octanol–water partition coefficient (Wildman–Crippen LogP) is 4.44. The van der Waals surface area contributed by atoms with E-state index in [0.717, 1.165) is 18.7 Å². The summed E-state index contributed by atoms with van der Waals surface area (Å²) in [6, 6.07) is 6.27. The largest absolute Gasteiger partial charge is 0.384 e. The Morgan fingerprint density at radius 3 is 2.79 bits per heavy atom. The zero-order valence-corrected chi connectivity index (χ0v) is 11.3. The maximum absolute atomic E-state index is 13.6. The molecule has 100 valence electrons. The van der Waals surface area contributed by atoms with Gasteiger partial charge in [0.1, 0.15) is 5.82 Å². The minimum Gasteiger partial charge on any atom is -0.384 e. The molecule has 3 nitrogen and oxygen atoms in total. The molecule has 0 unspecified atom stereocenters. The van der Waals surface area contributed by atoms with Gasteiger partial charge in [0, 0.05) is 11.6 Å². The van der Waals surface area contributed by atoms with E-state index in [4.69, 9.17) is 11.6 Å². The second kappa shape index (κ2) is 6.38. The monoisotopic (exact) mass is 279 g/mol. The normalized spacial score (nSPS) is 10.3. The van der Waals surface area contributed by atoms with E-state index in [0.29, 0.717) is 16.4 Å². The molecule has 1 heterocycles. The third-order valence-electron chi connectivity index (χ3n) is 2.52. The number of pyridine rings is 1. The summed E-state index contributed by atoms with van der Waals surface area (Å²) >= 11 is 5.85. The Bertz CT molecular complexity index is 560. The van der Waals surface area contributed by atoms with Crippen LogP contribution in [-0.4, -0.2) is 11.5 Å². The van der Waals surface area contributed by atoms with Crippen molar-refractivity contribution < 1.29 is 4.39 Å². The van der Waals surface area contributed by atoms with Gasteiger partial charge in [-0.2, -0.15) is 0 Å². The molecule has 0 aliphatic carbocycles. The molecular formula is C14H15ClFN3. The van der Waals surface area contributed by atoms with Crippen LogP contribution in [0.25, 0.3) is 0 Å². The van der Waals surface area contributed by atoms with Gasteiger partial charge in [0.25, 0.3) is 0 Å². The van der Waals surface area contributed by atoms with Crippen molar-refractivity contribution in [2.45, 2.75) is 13.3 Å². The van der Waals surface area contributed by atoms with Crippen LogP contribution in [-0.2, 0) is 0 Å². The van der Waals surface area contributed by atoms with Gasteiger partial charge < -0.3 is 10.6 Å². The van der Waals surface area contributed by atoms with Crippen molar-refractivity contribution in [2.75, 3.05) is 17.2 Å². The van der Waals surface area contributed by atoms with Crippen LogP contribution < -0.4 is 10.6 Å². The summed E-state index contributed by atoms with van der Waals surface area (Å²) in [6.45, 7) is 2.96. The first-order valence-corrected chi connectivity index (χ1v) is 6.48. The van der Waals surface area contributed by atoms with Crippen molar-refractivity contribution in [3.8, 4) is 0 Å². The van der Waals surface area contributed by atoms with Crippen molar-refractivity contribution in [1.82, 2.24) is 4.98 Å². The average Bonchev–Trinajstić information content (AvgIpc) is 2.41.